The summed E-state index contributed by atoms with van der Waals surface area (Å²) in [6.07, 6.45) is 6.15. The number of aromatic nitrogens is 2. The fourth-order valence-corrected chi connectivity index (χ4v) is 1.65. The van der Waals surface area contributed by atoms with Gasteiger partial charge in [-0.05, 0) is 26.4 Å². The van der Waals surface area contributed by atoms with Gasteiger partial charge >= 0.3 is 0 Å². The molecular weight excluding hydrogens is 174 g/mol. The lowest BCUT2D eigenvalue weighted by Gasteiger charge is -2.15. The molecule has 0 aliphatic carbocycles. The molecule has 1 aromatic rings. The smallest absolute Gasteiger partial charge is 0.108 e. The van der Waals surface area contributed by atoms with Crippen LogP contribution in [0.4, 0.5) is 0 Å². The molecule has 1 N–H and O–H groups in total. The van der Waals surface area contributed by atoms with Crippen molar-refractivity contribution in [1.82, 2.24) is 14.9 Å². The van der Waals surface area contributed by atoms with Crippen molar-refractivity contribution in [2.45, 2.75) is 39.7 Å². The Morgan fingerprint density at radius 1 is 1.50 bits per heavy atom. The fourth-order valence-electron chi connectivity index (χ4n) is 1.65. The van der Waals surface area contributed by atoms with Gasteiger partial charge < -0.3 is 9.88 Å². The van der Waals surface area contributed by atoms with Crippen molar-refractivity contribution in [1.29, 1.82) is 0 Å². The van der Waals surface area contributed by atoms with Crippen LogP contribution >= 0.6 is 0 Å². The van der Waals surface area contributed by atoms with Crippen molar-refractivity contribution in [2.24, 2.45) is 0 Å². The average Bonchev–Trinajstić information content (AvgIpc) is 2.65. The van der Waals surface area contributed by atoms with Gasteiger partial charge in [-0.15, -0.1) is 0 Å². The third-order valence-electron chi connectivity index (χ3n) is 2.53. The molecule has 0 radical (unpaired) electrons. The number of rotatable bonds is 6. The highest BCUT2D eigenvalue weighted by atomic mass is 15.1. The van der Waals surface area contributed by atoms with E-state index in [1.807, 2.05) is 6.20 Å². The second-order valence-corrected chi connectivity index (χ2v) is 3.60. The molecule has 0 aliphatic rings. The maximum Gasteiger partial charge on any atom is 0.108 e. The van der Waals surface area contributed by atoms with Crippen molar-refractivity contribution < 1.29 is 0 Å². The van der Waals surface area contributed by atoms with Crippen LogP contribution in [0.2, 0.25) is 0 Å². The maximum atomic E-state index is 4.33. The van der Waals surface area contributed by atoms with E-state index in [1.165, 1.54) is 5.82 Å². The van der Waals surface area contributed by atoms with Crippen molar-refractivity contribution in [3.8, 4) is 0 Å². The lowest BCUT2D eigenvalue weighted by atomic mass is 10.2. The summed E-state index contributed by atoms with van der Waals surface area (Å²) in [5, 5.41) is 3.34. The number of aryl methyl sites for hydroxylation is 1. The Balaban J connectivity index is 2.47. The second kappa shape index (κ2) is 5.81. The van der Waals surface area contributed by atoms with E-state index in [2.05, 4.69) is 41.8 Å². The van der Waals surface area contributed by atoms with E-state index in [0.29, 0.717) is 6.04 Å². The molecular formula is C11H21N3. The molecule has 1 aromatic heterocycles. The van der Waals surface area contributed by atoms with E-state index in [-0.39, 0.29) is 0 Å². The highest BCUT2D eigenvalue weighted by Gasteiger charge is 2.07. The Bertz CT molecular complexity index is 255. The third-order valence-corrected chi connectivity index (χ3v) is 2.53. The van der Waals surface area contributed by atoms with Gasteiger partial charge in [-0.2, -0.15) is 0 Å². The second-order valence-electron chi connectivity index (χ2n) is 3.60. The zero-order valence-electron chi connectivity index (χ0n) is 9.45. The van der Waals surface area contributed by atoms with E-state index in [1.54, 1.807) is 0 Å². The third kappa shape index (κ3) is 2.84. The first kappa shape index (κ1) is 11.2. The highest BCUT2D eigenvalue weighted by molar-refractivity contribution is 4.94. The predicted molar refractivity (Wildman–Crippen MR) is 59.5 cm³/mol. The molecule has 0 spiro atoms. The van der Waals surface area contributed by atoms with E-state index in [9.17, 15) is 0 Å². The lowest BCUT2D eigenvalue weighted by Crippen LogP contribution is -2.18. The van der Waals surface area contributed by atoms with Gasteiger partial charge in [-0.3, -0.25) is 0 Å². The Hall–Kier alpha value is -0.830. The van der Waals surface area contributed by atoms with Crippen molar-refractivity contribution in [3.63, 3.8) is 0 Å². The first-order chi connectivity index (χ1) is 6.79. The molecule has 1 atom stereocenters. The summed E-state index contributed by atoms with van der Waals surface area (Å²) >= 11 is 0. The summed E-state index contributed by atoms with van der Waals surface area (Å²) in [4.78, 5) is 4.33. The molecule has 14 heavy (non-hydrogen) atoms. The molecule has 0 saturated carbocycles. The predicted octanol–water partition coefficient (Wildman–Crippen LogP) is 2.01. The summed E-state index contributed by atoms with van der Waals surface area (Å²) in [6, 6.07) is 0.548. The van der Waals surface area contributed by atoms with Gasteiger partial charge in [0.25, 0.3) is 0 Å². The number of imidazole rings is 1. The van der Waals surface area contributed by atoms with Crippen LogP contribution in [-0.4, -0.2) is 22.6 Å². The van der Waals surface area contributed by atoms with Crippen LogP contribution in [0.25, 0.3) is 0 Å². The summed E-state index contributed by atoms with van der Waals surface area (Å²) in [7, 11) is 0. The van der Waals surface area contributed by atoms with Gasteiger partial charge in [-0.25, -0.2) is 4.98 Å². The number of hydrogen-bond acceptors (Lipinski definition) is 2. The van der Waals surface area contributed by atoms with Gasteiger partial charge in [0, 0.05) is 24.9 Å². The largest absolute Gasteiger partial charge is 0.332 e. The van der Waals surface area contributed by atoms with Gasteiger partial charge in [0.1, 0.15) is 5.82 Å². The molecule has 0 aromatic carbocycles. The Morgan fingerprint density at radius 3 is 2.93 bits per heavy atom. The van der Waals surface area contributed by atoms with Crippen LogP contribution in [0, 0.1) is 0 Å². The first-order valence-corrected chi connectivity index (χ1v) is 5.52. The normalized spacial score (nSPS) is 13.1. The van der Waals surface area contributed by atoms with Gasteiger partial charge in [0.05, 0.1) is 0 Å². The Morgan fingerprint density at radius 2 is 2.29 bits per heavy atom. The standard InChI is InChI=1S/C11H21N3/c1-4-11-13-8-9-14(11)10(3)6-7-12-5-2/h8-10,12H,4-7H2,1-3H3. The summed E-state index contributed by atoms with van der Waals surface area (Å²) < 4.78 is 2.28. The molecule has 0 aliphatic heterocycles. The summed E-state index contributed by atoms with van der Waals surface area (Å²) in [6.45, 7) is 8.67. The molecule has 0 bridgehead atoms. The molecule has 1 heterocycles. The molecule has 0 saturated heterocycles. The van der Waals surface area contributed by atoms with Crippen LogP contribution in [0.1, 0.15) is 39.1 Å². The minimum Gasteiger partial charge on any atom is -0.332 e. The monoisotopic (exact) mass is 195 g/mol. The van der Waals surface area contributed by atoms with Gasteiger partial charge in [0.15, 0.2) is 0 Å². The quantitative estimate of drug-likeness (QED) is 0.704. The van der Waals surface area contributed by atoms with Gasteiger partial charge in [0.2, 0.25) is 0 Å². The Kier molecular flexibility index (Phi) is 4.66. The molecule has 3 heteroatoms. The molecule has 80 valence electrons. The SMILES string of the molecule is CCNCCC(C)n1ccnc1CC. The fraction of sp³-hybridized carbons (Fsp3) is 0.727. The summed E-state index contributed by atoms with van der Waals surface area (Å²) in [5.41, 5.74) is 0. The van der Waals surface area contributed by atoms with E-state index in [4.69, 9.17) is 0 Å². The number of nitrogens with one attached hydrogen (secondary N) is 1. The van der Waals surface area contributed by atoms with Crippen LogP contribution in [0.15, 0.2) is 12.4 Å². The van der Waals surface area contributed by atoms with E-state index >= 15 is 0 Å². The highest BCUT2D eigenvalue weighted by Crippen LogP contribution is 2.12. The topological polar surface area (TPSA) is 29.9 Å². The zero-order valence-corrected chi connectivity index (χ0v) is 9.45. The van der Waals surface area contributed by atoms with Crippen LogP contribution in [0.5, 0.6) is 0 Å². The minimum absolute atomic E-state index is 0.548. The van der Waals surface area contributed by atoms with Crippen molar-refractivity contribution in [3.05, 3.63) is 18.2 Å². The van der Waals surface area contributed by atoms with Crippen LogP contribution in [0.3, 0.4) is 0 Å². The van der Waals surface area contributed by atoms with Crippen molar-refractivity contribution >= 4 is 0 Å². The minimum atomic E-state index is 0.548. The molecule has 3 nitrogen and oxygen atoms in total. The summed E-state index contributed by atoms with van der Waals surface area (Å²) in [5.74, 6) is 1.19. The Labute approximate surface area is 86.5 Å². The van der Waals surface area contributed by atoms with Crippen molar-refractivity contribution in [2.75, 3.05) is 13.1 Å². The van der Waals surface area contributed by atoms with E-state index < -0.39 is 0 Å². The average molecular weight is 195 g/mol. The van der Waals surface area contributed by atoms with E-state index in [0.717, 1.165) is 25.9 Å². The lowest BCUT2D eigenvalue weighted by molar-refractivity contribution is 0.473. The molecule has 1 rings (SSSR count). The molecule has 0 amide bonds. The van der Waals surface area contributed by atoms with Crippen LogP contribution in [-0.2, 0) is 6.42 Å². The molecule has 1 unspecified atom stereocenters. The number of nitrogens with zero attached hydrogens (tertiary/aromatic N) is 2. The zero-order chi connectivity index (χ0) is 10.4. The maximum absolute atomic E-state index is 4.33. The van der Waals surface area contributed by atoms with Gasteiger partial charge in [-0.1, -0.05) is 13.8 Å². The van der Waals surface area contributed by atoms with Crippen LogP contribution < -0.4 is 5.32 Å². The first-order valence-electron chi connectivity index (χ1n) is 5.52. The number of hydrogen-bond donors (Lipinski definition) is 1. The molecule has 0 fully saturated rings.